The highest BCUT2D eigenvalue weighted by Crippen LogP contribution is 2.33. The minimum atomic E-state index is 0.583. The molecule has 31 heavy (non-hydrogen) atoms. The number of aromatic amines is 1. The first-order valence-electron chi connectivity index (χ1n) is 11.3. The maximum absolute atomic E-state index is 4.49. The summed E-state index contributed by atoms with van der Waals surface area (Å²) in [6, 6.07) is 9.01. The maximum Gasteiger partial charge on any atom is 0.191 e. The Hall–Kier alpha value is -2.48. The molecule has 3 N–H and O–H groups in total. The standard InChI is InChI=1S/C23H33N7S/c1-24-22(26-15-13-17-16-27-20-11-6-5-10-19(17)20)25-14-7-12-21-28-29-23(31-2)30(21)18-8-3-4-9-18/h5-6,10-11,16,18,27H,3-4,7-9,12-15H2,1-2H3,(H2,24,25,26). The third kappa shape index (κ3) is 5.23. The molecule has 2 heterocycles. The van der Waals surface area contributed by atoms with Gasteiger partial charge in [0.25, 0.3) is 0 Å². The Labute approximate surface area is 188 Å². The number of hydrogen-bond donors (Lipinski definition) is 3. The molecule has 0 atom stereocenters. The summed E-state index contributed by atoms with van der Waals surface area (Å²) < 4.78 is 2.39. The summed E-state index contributed by atoms with van der Waals surface area (Å²) >= 11 is 1.70. The summed E-state index contributed by atoms with van der Waals surface area (Å²) in [5, 5.41) is 18.1. The summed E-state index contributed by atoms with van der Waals surface area (Å²) in [6.45, 7) is 1.70. The molecule has 1 aromatic carbocycles. The molecule has 1 aliphatic carbocycles. The number of aliphatic imine (C=N–C) groups is 1. The Morgan fingerprint density at radius 2 is 1.97 bits per heavy atom. The second-order valence-electron chi connectivity index (χ2n) is 8.05. The van der Waals surface area contributed by atoms with Crippen molar-refractivity contribution in [2.75, 3.05) is 26.4 Å². The number of nitrogens with one attached hydrogen (secondary N) is 3. The fraction of sp³-hybridized carbons (Fsp3) is 0.522. The van der Waals surface area contributed by atoms with Gasteiger partial charge in [-0.3, -0.25) is 4.99 Å². The smallest absolute Gasteiger partial charge is 0.191 e. The fourth-order valence-electron chi connectivity index (χ4n) is 4.47. The van der Waals surface area contributed by atoms with E-state index in [0.29, 0.717) is 6.04 Å². The molecule has 0 bridgehead atoms. The quantitative estimate of drug-likeness (QED) is 0.204. The molecule has 1 fully saturated rings. The van der Waals surface area contributed by atoms with E-state index in [1.807, 2.05) is 7.05 Å². The molecule has 3 aromatic rings. The number of rotatable bonds is 9. The highest BCUT2D eigenvalue weighted by molar-refractivity contribution is 7.98. The lowest BCUT2D eigenvalue weighted by Crippen LogP contribution is -2.38. The van der Waals surface area contributed by atoms with Gasteiger partial charge < -0.3 is 20.2 Å². The van der Waals surface area contributed by atoms with Gasteiger partial charge in [0, 0.05) is 49.7 Å². The van der Waals surface area contributed by atoms with Crippen molar-refractivity contribution in [3.05, 3.63) is 41.9 Å². The summed E-state index contributed by atoms with van der Waals surface area (Å²) in [5.74, 6) is 1.97. The van der Waals surface area contributed by atoms with Gasteiger partial charge >= 0.3 is 0 Å². The van der Waals surface area contributed by atoms with Gasteiger partial charge in [-0.2, -0.15) is 0 Å². The predicted octanol–water partition coefficient (Wildman–Crippen LogP) is 3.94. The van der Waals surface area contributed by atoms with Crippen LogP contribution in [0.3, 0.4) is 0 Å². The zero-order valence-electron chi connectivity index (χ0n) is 18.5. The number of aromatic nitrogens is 4. The first kappa shape index (κ1) is 21.7. The number of hydrogen-bond acceptors (Lipinski definition) is 4. The summed E-state index contributed by atoms with van der Waals surface area (Å²) in [6.07, 6.45) is 12.2. The van der Waals surface area contributed by atoms with E-state index in [-0.39, 0.29) is 0 Å². The summed E-state index contributed by atoms with van der Waals surface area (Å²) in [5.41, 5.74) is 2.52. The van der Waals surface area contributed by atoms with Gasteiger partial charge in [-0.1, -0.05) is 42.8 Å². The molecule has 1 saturated carbocycles. The van der Waals surface area contributed by atoms with Crippen LogP contribution in [0.5, 0.6) is 0 Å². The van der Waals surface area contributed by atoms with Crippen LogP contribution < -0.4 is 10.6 Å². The monoisotopic (exact) mass is 439 g/mol. The normalized spacial score (nSPS) is 15.1. The van der Waals surface area contributed by atoms with Crippen LogP contribution in [0, 0.1) is 0 Å². The molecule has 8 heteroatoms. The topological polar surface area (TPSA) is 82.9 Å². The van der Waals surface area contributed by atoms with E-state index in [2.05, 4.69) is 72.1 Å². The van der Waals surface area contributed by atoms with Crippen molar-refractivity contribution in [2.24, 2.45) is 4.99 Å². The lowest BCUT2D eigenvalue weighted by atomic mass is 10.1. The van der Waals surface area contributed by atoms with Crippen molar-refractivity contribution in [2.45, 2.75) is 56.1 Å². The van der Waals surface area contributed by atoms with E-state index < -0.39 is 0 Å². The number of para-hydroxylation sites is 1. The van der Waals surface area contributed by atoms with E-state index in [1.165, 1.54) is 42.1 Å². The molecule has 0 aliphatic heterocycles. The van der Waals surface area contributed by atoms with Crippen LogP contribution in [0.15, 0.2) is 40.6 Å². The molecule has 7 nitrogen and oxygen atoms in total. The Morgan fingerprint density at radius 1 is 1.16 bits per heavy atom. The molecule has 1 aliphatic rings. The van der Waals surface area contributed by atoms with E-state index in [4.69, 9.17) is 0 Å². The van der Waals surface area contributed by atoms with Crippen LogP contribution in [0.4, 0.5) is 0 Å². The lowest BCUT2D eigenvalue weighted by molar-refractivity contribution is 0.460. The van der Waals surface area contributed by atoms with Gasteiger partial charge in [-0.15, -0.1) is 10.2 Å². The molecule has 4 rings (SSSR count). The van der Waals surface area contributed by atoms with Gasteiger partial charge in [-0.05, 0) is 43.6 Å². The molecule has 166 valence electrons. The molecule has 0 unspecified atom stereocenters. The van der Waals surface area contributed by atoms with Crippen molar-refractivity contribution in [1.29, 1.82) is 0 Å². The van der Waals surface area contributed by atoms with Gasteiger partial charge in [0.1, 0.15) is 5.82 Å². The number of H-pyrrole nitrogens is 1. The first-order chi connectivity index (χ1) is 15.3. The van der Waals surface area contributed by atoms with E-state index >= 15 is 0 Å². The Morgan fingerprint density at radius 3 is 2.77 bits per heavy atom. The summed E-state index contributed by atoms with van der Waals surface area (Å²) in [7, 11) is 1.82. The van der Waals surface area contributed by atoms with Crippen molar-refractivity contribution in [3.8, 4) is 0 Å². The molecule has 0 radical (unpaired) electrons. The number of thioether (sulfide) groups is 1. The second kappa shape index (κ2) is 10.7. The minimum absolute atomic E-state index is 0.583. The van der Waals surface area contributed by atoms with Crippen LogP contribution in [-0.4, -0.2) is 52.1 Å². The third-order valence-electron chi connectivity index (χ3n) is 6.06. The van der Waals surface area contributed by atoms with Crippen LogP contribution in [0.1, 0.15) is 49.5 Å². The molecule has 0 spiro atoms. The highest BCUT2D eigenvalue weighted by atomic mass is 32.2. The zero-order chi connectivity index (χ0) is 21.5. The van der Waals surface area contributed by atoms with Crippen LogP contribution in [0.2, 0.25) is 0 Å². The van der Waals surface area contributed by atoms with E-state index in [9.17, 15) is 0 Å². The maximum atomic E-state index is 4.49. The highest BCUT2D eigenvalue weighted by Gasteiger charge is 2.23. The number of aryl methyl sites for hydroxylation is 1. The van der Waals surface area contributed by atoms with Crippen LogP contribution >= 0.6 is 11.8 Å². The van der Waals surface area contributed by atoms with Crippen LogP contribution in [0.25, 0.3) is 10.9 Å². The van der Waals surface area contributed by atoms with Crippen molar-refractivity contribution >= 4 is 28.6 Å². The zero-order valence-corrected chi connectivity index (χ0v) is 19.3. The van der Waals surface area contributed by atoms with E-state index in [1.54, 1.807) is 11.8 Å². The summed E-state index contributed by atoms with van der Waals surface area (Å²) in [4.78, 5) is 7.70. The van der Waals surface area contributed by atoms with Crippen molar-refractivity contribution in [1.82, 2.24) is 30.4 Å². The molecular formula is C23H33N7S. The van der Waals surface area contributed by atoms with Gasteiger partial charge in [0.05, 0.1) is 0 Å². The van der Waals surface area contributed by atoms with Crippen molar-refractivity contribution < 1.29 is 0 Å². The largest absolute Gasteiger partial charge is 0.361 e. The Balaban J connectivity index is 1.22. The third-order valence-corrected chi connectivity index (χ3v) is 6.71. The first-order valence-corrected chi connectivity index (χ1v) is 12.5. The number of benzene rings is 1. The van der Waals surface area contributed by atoms with E-state index in [0.717, 1.165) is 49.3 Å². The number of fused-ring (bicyclic) bond motifs is 1. The minimum Gasteiger partial charge on any atom is -0.361 e. The number of nitrogens with zero attached hydrogens (tertiary/aromatic N) is 4. The van der Waals surface area contributed by atoms with Gasteiger partial charge in [-0.25, -0.2) is 0 Å². The molecular weight excluding hydrogens is 406 g/mol. The van der Waals surface area contributed by atoms with Crippen molar-refractivity contribution in [3.63, 3.8) is 0 Å². The Kier molecular flexibility index (Phi) is 7.51. The lowest BCUT2D eigenvalue weighted by Gasteiger charge is -2.16. The van der Waals surface area contributed by atoms with Crippen LogP contribution in [-0.2, 0) is 12.8 Å². The second-order valence-corrected chi connectivity index (χ2v) is 8.82. The number of guanidine groups is 1. The van der Waals surface area contributed by atoms with Gasteiger partial charge in [0.15, 0.2) is 11.1 Å². The fourth-order valence-corrected chi connectivity index (χ4v) is 5.05. The average molecular weight is 440 g/mol. The molecule has 0 amide bonds. The molecule has 2 aromatic heterocycles. The van der Waals surface area contributed by atoms with Gasteiger partial charge in [0.2, 0.25) is 0 Å². The molecule has 0 saturated heterocycles. The Bertz CT molecular complexity index is 1000. The predicted molar refractivity (Wildman–Crippen MR) is 129 cm³/mol. The average Bonchev–Trinajstić information content (AvgIpc) is 3.55. The SMILES string of the molecule is CN=C(NCCCc1nnc(SC)n1C1CCCC1)NCCc1c[nH]c2ccccc12.